The molecule has 0 bridgehead atoms. The van der Waals surface area contributed by atoms with Gasteiger partial charge in [-0.1, -0.05) is 30.7 Å². The van der Waals surface area contributed by atoms with Crippen LogP contribution in [0.1, 0.15) is 31.2 Å². The average molecular weight is 366 g/mol. The van der Waals surface area contributed by atoms with Crippen molar-refractivity contribution < 1.29 is 14.3 Å². The van der Waals surface area contributed by atoms with Crippen LogP contribution < -0.4 is 14.8 Å². The molecule has 1 aliphatic heterocycles. The Bertz CT molecular complexity index is 738. The molecule has 2 aliphatic rings. The highest BCUT2D eigenvalue weighted by molar-refractivity contribution is 5.78. The predicted octanol–water partition coefficient (Wildman–Crippen LogP) is 1.95. The summed E-state index contributed by atoms with van der Waals surface area (Å²) in [6.45, 7) is 2.70. The van der Waals surface area contributed by atoms with Crippen molar-refractivity contribution in [3.8, 4) is 36.2 Å². The molecule has 5 nitrogen and oxygen atoms in total. The third kappa shape index (κ3) is 4.56. The number of terminal acetylenes is 2. The van der Waals surface area contributed by atoms with Crippen LogP contribution in [0.5, 0.6) is 11.5 Å². The highest BCUT2D eigenvalue weighted by atomic mass is 16.6. The molecular formula is C22H26N2O3. The number of carbonyl (C=O) groups is 1. The van der Waals surface area contributed by atoms with Gasteiger partial charge >= 0.3 is 0 Å². The average Bonchev–Trinajstić information content (AvgIpc) is 3.17. The molecule has 1 N–H and O–H groups in total. The second-order valence-electron chi connectivity index (χ2n) is 7.18. The molecule has 142 valence electrons. The monoisotopic (exact) mass is 366 g/mol. The van der Waals surface area contributed by atoms with Crippen molar-refractivity contribution >= 4 is 5.91 Å². The highest BCUT2D eigenvalue weighted by Crippen LogP contribution is 2.43. The summed E-state index contributed by atoms with van der Waals surface area (Å²) in [7, 11) is 0. The first-order valence-corrected chi connectivity index (χ1v) is 9.43. The zero-order valence-electron chi connectivity index (χ0n) is 15.6. The van der Waals surface area contributed by atoms with Gasteiger partial charge in [-0.05, 0) is 30.5 Å². The first-order chi connectivity index (χ1) is 13.2. The zero-order valence-corrected chi connectivity index (χ0v) is 15.6. The molecule has 1 heterocycles. The number of benzene rings is 1. The minimum Gasteiger partial charge on any atom is -0.486 e. The second kappa shape index (κ2) is 8.84. The van der Waals surface area contributed by atoms with Crippen LogP contribution in [0, 0.1) is 24.7 Å². The molecule has 1 fully saturated rings. The van der Waals surface area contributed by atoms with Crippen molar-refractivity contribution in [3.05, 3.63) is 23.8 Å². The molecule has 1 amide bonds. The maximum Gasteiger partial charge on any atom is 0.234 e. The van der Waals surface area contributed by atoms with Gasteiger partial charge in [0.25, 0.3) is 0 Å². The summed E-state index contributed by atoms with van der Waals surface area (Å²) < 4.78 is 11.4. The minimum absolute atomic E-state index is 0.0516. The van der Waals surface area contributed by atoms with Crippen molar-refractivity contribution in [1.29, 1.82) is 0 Å². The van der Waals surface area contributed by atoms with Crippen LogP contribution in [0.15, 0.2) is 18.2 Å². The number of rotatable bonds is 7. The Balaban J connectivity index is 1.68. The molecule has 0 saturated heterocycles. The Hall–Kier alpha value is -2.63. The quantitative estimate of drug-likeness (QED) is 0.750. The predicted molar refractivity (Wildman–Crippen MR) is 105 cm³/mol. The number of ether oxygens (including phenoxy) is 2. The lowest BCUT2D eigenvalue weighted by Crippen LogP contribution is -2.43. The number of carbonyl (C=O) groups excluding carboxylic acids is 1. The van der Waals surface area contributed by atoms with E-state index in [1.54, 1.807) is 4.90 Å². The van der Waals surface area contributed by atoms with E-state index in [1.807, 2.05) is 6.07 Å². The zero-order chi connectivity index (χ0) is 19.1. The van der Waals surface area contributed by atoms with Crippen LogP contribution in [-0.4, -0.2) is 50.2 Å². The van der Waals surface area contributed by atoms with Gasteiger partial charge in [0.1, 0.15) is 13.2 Å². The van der Waals surface area contributed by atoms with E-state index in [1.165, 1.54) is 5.56 Å². The summed E-state index contributed by atoms with van der Waals surface area (Å²) in [5.41, 5.74) is 1.14. The van der Waals surface area contributed by atoms with Crippen molar-refractivity contribution in [3.63, 3.8) is 0 Å². The van der Waals surface area contributed by atoms with Gasteiger partial charge in [0, 0.05) is 12.0 Å². The third-order valence-corrected chi connectivity index (χ3v) is 5.34. The van der Waals surface area contributed by atoms with E-state index in [9.17, 15) is 4.79 Å². The van der Waals surface area contributed by atoms with Crippen LogP contribution >= 0.6 is 0 Å². The van der Waals surface area contributed by atoms with Crippen molar-refractivity contribution in [1.82, 2.24) is 10.2 Å². The Morgan fingerprint density at radius 2 is 1.78 bits per heavy atom. The smallest absolute Gasteiger partial charge is 0.234 e. The number of nitrogens with zero attached hydrogens (tertiary/aromatic N) is 1. The fourth-order valence-corrected chi connectivity index (χ4v) is 3.95. The Morgan fingerprint density at radius 1 is 1.11 bits per heavy atom. The molecule has 0 spiro atoms. The van der Waals surface area contributed by atoms with Gasteiger partial charge in [0.05, 0.1) is 19.6 Å². The summed E-state index contributed by atoms with van der Waals surface area (Å²) in [5, 5.41) is 3.10. The fraction of sp³-hybridized carbons (Fsp3) is 0.500. The van der Waals surface area contributed by atoms with E-state index in [4.69, 9.17) is 22.3 Å². The van der Waals surface area contributed by atoms with Gasteiger partial charge in [-0.3, -0.25) is 9.69 Å². The normalized spacial score (nSPS) is 17.1. The third-order valence-electron chi connectivity index (χ3n) is 5.34. The van der Waals surface area contributed by atoms with Crippen LogP contribution in [0.3, 0.4) is 0 Å². The van der Waals surface area contributed by atoms with E-state index in [0.29, 0.717) is 32.8 Å². The van der Waals surface area contributed by atoms with E-state index in [-0.39, 0.29) is 17.9 Å². The van der Waals surface area contributed by atoms with Crippen LogP contribution in [0.25, 0.3) is 0 Å². The lowest BCUT2D eigenvalue weighted by molar-refractivity contribution is -0.122. The van der Waals surface area contributed by atoms with Crippen LogP contribution in [-0.2, 0) is 10.2 Å². The van der Waals surface area contributed by atoms with Crippen LogP contribution in [0.2, 0.25) is 0 Å². The van der Waals surface area contributed by atoms with Gasteiger partial charge in [0.2, 0.25) is 5.91 Å². The standard InChI is InChI=1S/C22H26N2O3/c1-3-11-24(12-4-2)16-21(25)23-17-22(9-5-6-10-22)18-7-8-19-20(15-18)27-14-13-26-19/h1-2,7-8,15H,5-6,9-14,16-17H2,(H,23,25). The fourth-order valence-electron chi connectivity index (χ4n) is 3.95. The molecule has 1 saturated carbocycles. The largest absolute Gasteiger partial charge is 0.486 e. The second-order valence-corrected chi connectivity index (χ2v) is 7.18. The molecule has 0 aromatic heterocycles. The Kier molecular flexibility index (Phi) is 6.27. The van der Waals surface area contributed by atoms with Gasteiger partial charge in [-0.25, -0.2) is 0 Å². The maximum atomic E-state index is 12.4. The first kappa shape index (κ1) is 19.1. The Labute approximate surface area is 161 Å². The molecule has 5 heteroatoms. The van der Waals surface area contributed by atoms with Crippen LogP contribution in [0.4, 0.5) is 0 Å². The van der Waals surface area contributed by atoms with Gasteiger partial charge < -0.3 is 14.8 Å². The summed E-state index contributed by atoms with van der Waals surface area (Å²) in [5.74, 6) is 6.62. The first-order valence-electron chi connectivity index (χ1n) is 9.43. The lowest BCUT2D eigenvalue weighted by atomic mass is 9.78. The highest BCUT2D eigenvalue weighted by Gasteiger charge is 2.36. The molecule has 1 aromatic rings. The van der Waals surface area contributed by atoms with Crippen molar-refractivity contribution in [2.75, 3.05) is 39.4 Å². The lowest BCUT2D eigenvalue weighted by Gasteiger charge is -2.31. The molecule has 0 atom stereocenters. The SMILES string of the molecule is C#CCN(CC#C)CC(=O)NCC1(c2ccc3c(c2)OCCO3)CCCC1. The molecule has 1 aromatic carbocycles. The molecular weight excluding hydrogens is 340 g/mol. The summed E-state index contributed by atoms with van der Waals surface area (Å²) in [4.78, 5) is 14.2. The van der Waals surface area contributed by atoms with Crippen molar-refractivity contribution in [2.24, 2.45) is 0 Å². The number of amides is 1. The molecule has 27 heavy (non-hydrogen) atoms. The molecule has 3 rings (SSSR count). The van der Waals surface area contributed by atoms with Gasteiger partial charge in [0.15, 0.2) is 11.5 Å². The van der Waals surface area contributed by atoms with E-state index in [0.717, 1.165) is 37.2 Å². The van der Waals surface area contributed by atoms with Gasteiger partial charge in [-0.15, -0.1) is 12.8 Å². The number of hydrogen-bond donors (Lipinski definition) is 1. The van der Waals surface area contributed by atoms with Gasteiger partial charge in [-0.2, -0.15) is 0 Å². The Morgan fingerprint density at radius 3 is 2.44 bits per heavy atom. The summed E-state index contributed by atoms with van der Waals surface area (Å²) >= 11 is 0. The topological polar surface area (TPSA) is 50.8 Å². The molecule has 0 radical (unpaired) electrons. The molecule has 0 unspecified atom stereocenters. The molecule has 1 aliphatic carbocycles. The number of hydrogen-bond acceptors (Lipinski definition) is 4. The maximum absolute atomic E-state index is 12.4. The van der Waals surface area contributed by atoms with Crippen molar-refractivity contribution in [2.45, 2.75) is 31.1 Å². The van der Waals surface area contributed by atoms with E-state index >= 15 is 0 Å². The number of fused-ring (bicyclic) bond motifs is 1. The number of nitrogens with one attached hydrogen (secondary N) is 1. The van der Waals surface area contributed by atoms with E-state index < -0.39 is 0 Å². The summed E-state index contributed by atoms with van der Waals surface area (Å²) in [6.07, 6.45) is 15.1. The minimum atomic E-state index is -0.0610. The van der Waals surface area contributed by atoms with E-state index in [2.05, 4.69) is 29.3 Å². The summed E-state index contributed by atoms with van der Waals surface area (Å²) in [6, 6.07) is 6.16.